The number of carbonyl (C=O) groups is 1. The van der Waals surface area contributed by atoms with Crippen molar-refractivity contribution >= 4 is 23.0 Å². The van der Waals surface area contributed by atoms with Gasteiger partial charge in [-0.2, -0.15) is 4.98 Å². The molecule has 0 saturated heterocycles. The predicted octanol–water partition coefficient (Wildman–Crippen LogP) is 0.479. The number of carbonyl (C=O) groups excluding carboxylic acids is 1. The number of nitrogens with one attached hydrogen (secondary N) is 2. The van der Waals surface area contributed by atoms with Crippen molar-refractivity contribution in [2.24, 2.45) is 0 Å². The molecule has 2 rings (SSSR count). The summed E-state index contributed by atoms with van der Waals surface area (Å²) in [6.45, 7) is 5.21. The Kier molecular flexibility index (Phi) is 5.61. The number of H-pyrrole nitrogens is 1. The van der Waals surface area contributed by atoms with E-state index in [1.165, 1.54) is 13.3 Å². The van der Waals surface area contributed by atoms with Gasteiger partial charge < -0.3 is 9.47 Å². The van der Waals surface area contributed by atoms with Crippen molar-refractivity contribution in [3.8, 4) is 0 Å². The topological polar surface area (TPSA) is 111 Å². The molecule has 0 bridgehead atoms. The molecule has 2 heterocycles. The smallest absolute Gasteiger partial charge is 0.280 e. The van der Waals surface area contributed by atoms with Gasteiger partial charge in [0.1, 0.15) is 6.73 Å². The van der Waals surface area contributed by atoms with Crippen LogP contribution >= 0.6 is 0 Å². The van der Waals surface area contributed by atoms with E-state index in [9.17, 15) is 9.59 Å². The van der Waals surface area contributed by atoms with Crippen LogP contribution in [0.2, 0.25) is 0 Å². The van der Waals surface area contributed by atoms with Crippen molar-refractivity contribution in [3.05, 3.63) is 16.7 Å². The number of aromatic nitrogens is 4. The van der Waals surface area contributed by atoms with E-state index >= 15 is 0 Å². The number of hydrogen-bond acceptors (Lipinski definition) is 6. The van der Waals surface area contributed by atoms with Crippen LogP contribution in [0.15, 0.2) is 11.1 Å². The lowest BCUT2D eigenvalue weighted by Gasteiger charge is -2.07. The van der Waals surface area contributed by atoms with Crippen LogP contribution in [0.4, 0.5) is 5.95 Å². The van der Waals surface area contributed by atoms with Gasteiger partial charge in [-0.15, -0.1) is 0 Å². The molecular weight excluding hydrogens is 290 g/mol. The first-order valence-electron chi connectivity index (χ1n) is 7.00. The van der Waals surface area contributed by atoms with Crippen LogP contribution < -0.4 is 10.9 Å². The molecule has 0 radical (unpaired) electrons. The molecule has 0 unspecified atom stereocenters. The highest BCUT2D eigenvalue weighted by molar-refractivity contribution is 5.87. The van der Waals surface area contributed by atoms with E-state index < -0.39 is 5.56 Å². The lowest BCUT2D eigenvalue weighted by atomic mass is 10.5. The minimum absolute atomic E-state index is 0.0815. The first kappa shape index (κ1) is 16.1. The van der Waals surface area contributed by atoms with Crippen LogP contribution in [0.1, 0.15) is 20.3 Å². The number of rotatable bonds is 8. The Balaban J connectivity index is 2.05. The van der Waals surface area contributed by atoms with Gasteiger partial charge in [0, 0.05) is 13.5 Å². The minimum atomic E-state index is -0.418. The summed E-state index contributed by atoms with van der Waals surface area (Å²) in [5.74, 6) is -0.240. The fourth-order valence-corrected chi connectivity index (χ4v) is 1.80. The Hall–Kier alpha value is -2.26. The number of fused-ring (bicyclic) bond motifs is 1. The number of aromatic amines is 1. The number of imidazole rings is 1. The Morgan fingerprint density at radius 3 is 2.86 bits per heavy atom. The van der Waals surface area contributed by atoms with Gasteiger partial charge in [-0.05, 0) is 6.42 Å². The second-order valence-corrected chi connectivity index (χ2v) is 4.63. The van der Waals surface area contributed by atoms with Crippen LogP contribution in [-0.2, 0) is 21.0 Å². The Labute approximate surface area is 126 Å². The maximum atomic E-state index is 11.9. The normalized spacial score (nSPS) is 11.0. The molecule has 0 saturated carbocycles. The summed E-state index contributed by atoms with van der Waals surface area (Å²) in [5.41, 5.74) is 0.126. The van der Waals surface area contributed by atoms with E-state index in [0.717, 1.165) is 6.42 Å². The van der Waals surface area contributed by atoms with Gasteiger partial charge in [-0.25, -0.2) is 4.98 Å². The molecule has 9 nitrogen and oxygen atoms in total. The fraction of sp³-hybridized carbons (Fsp3) is 0.538. The van der Waals surface area contributed by atoms with E-state index in [4.69, 9.17) is 9.47 Å². The van der Waals surface area contributed by atoms with Crippen LogP contribution in [0.25, 0.3) is 11.2 Å². The molecule has 0 atom stereocenters. The molecule has 0 aliphatic heterocycles. The summed E-state index contributed by atoms with van der Waals surface area (Å²) < 4.78 is 12.3. The van der Waals surface area contributed by atoms with Crippen LogP contribution in [0.5, 0.6) is 0 Å². The van der Waals surface area contributed by atoms with Gasteiger partial charge in [0.05, 0.1) is 19.5 Å². The number of amides is 1. The third-order valence-electron chi connectivity index (χ3n) is 2.72. The third kappa shape index (κ3) is 4.12. The Bertz CT molecular complexity index is 693. The van der Waals surface area contributed by atoms with Crippen molar-refractivity contribution in [1.29, 1.82) is 0 Å². The first-order chi connectivity index (χ1) is 10.6. The number of ether oxygens (including phenoxy) is 2. The molecular formula is C13H19N5O4. The summed E-state index contributed by atoms with van der Waals surface area (Å²) in [6, 6.07) is 0. The van der Waals surface area contributed by atoms with Crippen LogP contribution in [0.3, 0.4) is 0 Å². The first-order valence-corrected chi connectivity index (χ1v) is 7.00. The molecule has 120 valence electrons. The molecule has 0 aliphatic rings. The lowest BCUT2D eigenvalue weighted by molar-refractivity contribution is -0.114. The van der Waals surface area contributed by atoms with E-state index in [2.05, 4.69) is 20.3 Å². The molecule has 2 aromatic heterocycles. The average Bonchev–Trinajstić information content (AvgIpc) is 2.86. The second-order valence-electron chi connectivity index (χ2n) is 4.63. The fourth-order valence-electron chi connectivity index (χ4n) is 1.80. The van der Waals surface area contributed by atoms with Crippen molar-refractivity contribution in [2.75, 3.05) is 25.1 Å². The molecule has 0 aromatic carbocycles. The summed E-state index contributed by atoms with van der Waals surface area (Å²) in [7, 11) is 0. The molecule has 0 fully saturated rings. The zero-order chi connectivity index (χ0) is 15.9. The number of anilines is 1. The van der Waals surface area contributed by atoms with Crippen molar-refractivity contribution in [2.45, 2.75) is 27.0 Å². The summed E-state index contributed by atoms with van der Waals surface area (Å²) >= 11 is 0. The van der Waals surface area contributed by atoms with Gasteiger partial charge >= 0.3 is 0 Å². The SMILES string of the molecule is CCCOCCOCn1cnc2c(=O)[nH]c(NC(C)=O)nc21. The molecule has 22 heavy (non-hydrogen) atoms. The summed E-state index contributed by atoms with van der Waals surface area (Å²) in [4.78, 5) is 33.5. The molecule has 2 aromatic rings. The highest BCUT2D eigenvalue weighted by atomic mass is 16.5. The van der Waals surface area contributed by atoms with Gasteiger partial charge in [0.2, 0.25) is 11.9 Å². The van der Waals surface area contributed by atoms with Gasteiger partial charge in [-0.1, -0.05) is 6.92 Å². The maximum Gasteiger partial charge on any atom is 0.280 e. The Morgan fingerprint density at radius 1 is 1.36 bits per heavy atom. The minimum Gasteiger partial charge on any atom is -0.379 e. The van der Waals surface area contributed by atoms with Gasteiger partial charge in [0.25, 0.3) is 5.56 Å². The van der Waals surface area contributed by atoms with E-state index in [0.29, 0.717) is 25.5 Å². The molecule has 0 spiro atoms. The maximum absolute atomic E-state index is 11.9. The second kappa shape index (κ2) is 7.66. The standard InChI is InChI=1S/C13H19N5O4/c1-3-4-21-5-6-22-8-18-7-14-10-11(18)16-13(15-9(2)19)17-12(10)20/h7H,3-6,8H2,1-2H3,(H2,15,16,17,19,20). The van der Waals surface area contributed by atoms with Gasteiger partial charge in [0.15, 0.2) is 11.2 Å². The number of hydrogen-bond donors (Lipinski definition) is 2. The quantitative estimate of drug-likeness (QED) is 0.686. The molecule has 1 amide bonds. The molecule has 0 aliphatic carbocycles. The van der Waals surface area contributed by atoms with Gasteiger partial charge in [-0.3, -0.25) is 24.5 Å². The monoisotopic (exact) mass is 309 g/mol. The zero-order valence-corrected chi connectivity index (χ0v) is 12.6. The van der Waals surface area contributed by atoms with Crippen molar-refractivity contribution in [1.82, 2.24) is 19.5 Å². The van der Waals surface area contributed by atoms with E-state index in [1.807, 2.05) is 6.92 Å². The zero-order valence-electron chi connectivity index (χ0n) is 12.6. The predicted molar refractivity (Wildman–Crippen MR) is 79.5 cm³/mol. The van der Waals surface area contributed by atoms with Crippen molar-refractivity contribution < 1.29 is 14.3 Å². The molecule has 9 heteroatoms. The highest BCUT2D eigenvalue weighted by Gasteiger charge is 2.10. The van der Waals surface area contributed by atoms with E-state index in [-0.39, 0.29) is 24.1 Å². The van der Waals surface area contributed by atoms with E-state index in [1.54, 1.807) is 4.57 Å². The summed E-state index contributed by atoms with van der Waals surface area (Å²) in [6.07, 6.45) is 2.43. The largest absolute Gasteiger partial charge is 0.379 e. The van der Waals surface area contributed by atoms with Crippen LogP contribution in [0, 0.1) is 0 Å². The lowest BCUT2D eigenvalue weighted by Crippen LogP contribution is -2.17. The number of nitrogens with zero attached hydrogens (tertiary/aromatic N) is 3. The summed E-state index contributed by atoms with van der Waals surface area (Å²) in [5, 5.41) is 2.44. The van der Waals surface area contributed by atoms with Crippen LogP contribution in [-0.4, -0.2) is 45.2 Å². The van der Waals surface area contributed by atoms with Crippen molar-refractivity contribution in [3.63, 3.8) is 0 Å². The molecule has 2 N–H and O–H groups in total. The Morgan fingerprint density at radius 2 is 2.14 bits per heavy atom. The third-order valence-corrected chi connectivity index (χ3v) is 2.72. The average molecular weight is 309 g/mol. The highest BCUT2D eigenvalue weighted by Crippen LogP contribution is 2.08.